The number of aliphatic hydroxyl groups excluding tert-OH is 1. The zero-order chi connectivity index (χ0) is 28.5. The summed E-state index contributed by atoms with van der Waals surface area (Å²) in [6, 6.07) is 3.13. The minimum Gasteiger partial charge on any atom is -0.493 e. The number of nitrogens with zero attached hydrogens (tertiary/aromatic N) is 3. The minimum atomic E-state index is -0.953. The van der Waals surface area contributed by atoms with E-state index in [0.29, 0.717) is 62.8 Å². The second-order valence-electron chi connectivity index (χ2n) is 10.1. The van der Waals surface area contributed by atoms with Crippen LogP contribution in [0.1, 0.15) is 57.9 Å². The predicted octanol–water partition coefficient (Wildman–Crippen LogP) is 2.16. The third-order valence-electron chi connectivity index (χ3n) is 7.72. The molecule has 3 rings (SSSR count). The van der Waals surface area contributed by atoms with Crippen LogP contribution in [0, 0.1) is 5.92 Å². The Bertz CT molecular complexity index is 995. The van der Waals surface area contributed by atoms with E-state index in [-0.39, 0.29) is 31.8 Å². The number of ether oxygens (including phenoxy) is 3. The van der Waals surface area contributed by atoms with Gasteiger partial charge < -0.3 is 34.2 Å². The number of carbonyl (C=O) groups excluding carboxylic acids is 2. The summed E-state index contributed by atoms with van der Waals surface area (Å²) in [7, 11) is 1.52. The van der Waals surface area contributed by atoms with Crippen LogP contribution in [-0.4, -0.2) is 109 Å². The lowest BCUT2D eigenvalue weighted by atomic mass is 9.84. The number of methoxy groups -OCH3 is 1. The van der Waals surface area contributed by atoms with Gasteiger partial charge in [0.2, 0.25) is 24.4 Å². The molecule has 2 aliphatic heterocycles. The molecule has 2 heterocycles. The number of hydrogen-bond acceptors (Lipinski definition) is 8. The van der Waals surface area contributed by atoms with Crippen LogP contribution in [0.2, 0.25) is 0 Å². The average molecular weight is 550 g/mol. The molecular formula is C28H43N3O8. The number of likely N-dealkylation sites (tertiary alicyclic amines) is 1. The summed E-state index contributed by atoms with van der Waals surface area (Å²) in [4.78, 5) is 43.7. The molecule has 2 N–H and O–H groups in total. The van der Waals surface area contributed by atoms with E-state index < -0.39 is 23.8 Å². The highest BCUT2D eigenvalue weighted by atomic mass is 16.7. The molecule has 11 heteroatoms. The number of carboxylic acid groups (broad SMARTS) is 1. The molecule has 0 aliphatic carbocycles. The Labute approximate surface area is 230 Å². The minimum absolute atomic E-state index is 0.00471. The number of aliphatic carboxylic acids is 1. The second-order valence-corrected chi connectivity index (χ2v) is 10.1. The van der Waals surface area contributed by atoms with Gasteiger partial charge in [0.1, 0.15) is 0 Å². The highest BCUT2D eigenvalue weighted by Gasteiger charge is 2.47. The van der Waals surface area contributed by atoms with Gasteiger partial charge in [0.15, 0.2) is 11.5 Å². The largest absolute Gasteiger partial charge is 0.493 e. The quantitative estimate of drug-likeness (QED) is 0.338. The first-order valence-corrected chi connectivity index (χ1v) is 13.8. The molecule has 0 saturated carbocycles. The summed E-state index contributed by atoms with van der Waals surface area (Å²) in [5.74, 6) is -0.893. The summed E-state index contributed by atoms with van der Waals surface area (Å²) >= 11 is 0. The van der Waals surface area contributed by atoms with E-state index in [1.54, 1.807) is 21.9 Å². The van der Waals surface area contributed by atoms with Gasteiger partial charge in [-0.1, -0.05) is 13.3 Å². The number of fused-ring (bicyclic) bond motifs is 1. The fourth-order valence-corrected chi connectivity index (χ4v) is 5.63. The number of unbranched alkanes of at least 4 members (excludes halogenated alkanes) is 1. The van der Waals surface area contributed by atoms with Gasteiger partial charge in [-0.05, 0) is 43.9 Å². The Hall–Kier alpha value is -3.05. The summed E-state index contributed by atoms with van der Waals surface area (Å²) in [5.41, 5.74) is 0.741. The van der Waals surface area contributed by atoms with Crippen molar-refractivity contribution in [3.63, 3.8) is 0 Å². The Balaban J connectivity index is 1.94. The topological polar surface area (TPSA) is 129 Å². The summed E-state index contributed by atoms with van der Waals surface area (Å²) in [6.45, 7) is 7.88. The lowest BCUT2D eigenvalue weighted by Crippen LogP contribution is -2.46. The van der Waals surface area contributed by atoms with Crippen molar-refractivity contribution in [3.05, 3.63) is 17.7 Å². The van der Waals surface area contributed by atoms with Crippen LogP contribution in [0.4, 0.5) is 0 Å². The smallest absolute Gasteiger partial charge is 0.308 e. The molecule has 11 nitrogen and oxygen atoms in total. The van der Waals surface area contributed by atoms with Crippen molar-refractivity contribution in [1.82, 2.24) is 14.7 Å². The molecule has 1 saturated heterocycles. The van der Waals surface area contributed by atoms with Crippen LogP contribution in [0.15, 0.2) is 12.1 Å². The third kappa shape index (κ3) is 7.33. The maximum Gasteiger partial charge on any atom is 0.308 e. The average Bonchev–Trinajstić information content (AvgIpc) is 3.53. The first kappa shape index (κ1) is 30.5. The molecule has 1 aromatic rings. The van der Waals surface area contributed by atoms with Gasteiger partial charge in [0.25, 0.3) is 0 Å². The van der Waals surface area contributed by atoms with Crippen molar-refractivity contribution in [2.75, 3.05) is 59.8 Å². The highest BCUT2D eigenvalue weighted by molar-refractivity contribution is 5.79. The second kappa shape index (κ2) is 14.4. The molecule has 1 fully saturated rings. The third-order valence-corrected chi connectivity index (χ3v) is 7.72. The summed E-state index contributed by atoms with van der Waals surface area (Å²) in [5, 5.41) is 19.8. The maximum absolute atomic E-state index is 13.5. The zero-order valence-electron chi connectivity index (χ0n) is 23.6. The number of carbonyl (C=O) groups is 3. The summed E-state index contributed by atoms with van der Waals surface area (Å²) < 4.78 is 16.6. The van der Waals surface area contributed by atoms with Crippen LogP contribution >= 0.6 is 0 Å². The van der Waals surface area contributed by atoms with Gasteiger partial charge in [-0.15, -0.1) is 0 Å². The van der Waals surface area contributed by atoms with E-state index in [1.807, 2.05) is 11.8 Å². The molecule has 39 heavy (non-hydrogen) atoms. The molecule has 2 amide bonds. The van der Waals surface area contributed by atoms with Gasteiger partial charge in [0.05, 0.1) is 19.6 Å². The van der Waals surface area contributed by atoms with Gasteiger partial charge in [-0.3, -0.25) is 19.3 Å². The van der Waals surface area contributed by atoms with E-state index >= 15 is 0 Å². The van der Waals surface area contributed by atoms with Crippen molar-refractivity contribution in [2.24, 2.45) is 5.92 Å². The molecule has 1 unspecified atom stereocenters. The molecule has 2 aliphatic rings. The highest BCUT2D eigenvalue weighted by Crippen LogP contribution is 2.47. The van der Waals surface area contributed by atoms with E-state index in [9.17, 15) is 24.6 Å². The lowest BCUT2D eigenvalue weighted by Gasteiger charge is -2.31. The molecule has 218 valence electrons. The normalized spacial score (nSPS) is 20.2. The van der Waals surface area contributed by atoms with Crippen LogP contribution in [0.3, 0.4) is 0 Å². The first-order chi connectivity index (χ1) is 18.7. The maximum atomic E-state index is 13.5. The van der Waals surface area contributed by atoms with Gasteiger partial charge in [-0.25, -0.2) is 0 Å². The summed E-state index contributed by atoms with van der Waals surface area (Å²) in [6.07, 6.45) is 2.69. The van der Waals surface area contributed by atoms with Gasteiger partial charge in [-0.2, -0.15) is 0 Å². The van der Waals surface area contributed by atoms with Crippen molar-refractivity contribution in [3.8, 4) is 17.2 Å². The van der Waals surface area contributed by atoms with E-state index in [4.69, 9.17) is 14.2 Å². The molecule has 3 atom stereocenters. The van der Waals surface area contributed by atoms with Crippen molar-refractivity contribution >= 4 is 17.8 Å². The first-order valence-electron chi connectivity index (χ1n) is 13.8. The molecule has 0 aromatic heterocycles. The van der Waals surface area contributed by atoms with Crippen LogP contribution in [0.25, 0.3) is 0 Å². The molecular weight excluding hydrogens is 506 g/mol. The van der Waals surface area contributed by atoms with Crippen molar-refractivity contribution in [2.45, 2.75) is 58.4 Å². The molecule has 1 aromatic carbocycles. The number of rotatable bonds is 15. The van der Waals surface area contributed by atoms with Crippen LogP contribution in [-0.2, 0) is 14.4 Å². The van der Waals surface area contributed by atoms with E-state index in [2.05, 4.69) is 6.92 Å². The standard InChI is InChI=1S/C28H43N3O8/c1-5-7-10-30(11-8-13-32)25(34)17-31-16-21(20-14-23(37-4)27-24(15-20)38-18-39-27)26(28(35)36)22(31)9-12-29(6-2)19(3)33/h14-15,21-22,26,32H,5-13,16-18H2,1-4H3,(H,35,36)/t21-,22+,26?/m1/s1. The van der Waals surface area contributed by atoms with E-state index in [1.165, 1.54) is 14.0 Å². The fraction of sp³-hybridized carbons (Fsp3) is 0.679. The number of hydrogen-bond donors (Lipinski definition) is 2. The molecule has 0 radical (unpaired) electrons. The Morgan fingerprint density at radius 2 is 1.85 bits per heavy atom. The number of aliphatic hydroxyl groups is 1. The van der Waals surface area contributed by atoms with Crippen LogP contribution in [0.5, 0.6) is 17.2 Å². The van der Waals surface area contributed by atoms with Gasteiger partial charge >= 0.3 is 5.97 Å². The lowest BCUT2D eigenvalue weighted by molar-refractivity contribution is -0.144. The monoisotopic (exact) mass is 549 g/mol. The fourth-order valence-electron chi connectivity index (χ4n) is 5.63. The number of carboxylic acids is 1. The molecule has 0 spiro atoms. The number of amides is 2. The Kier molecular flexibility index (Phi) is 11.2. The molecule has 0 bridgehead atoms. The number of benzene rings is 1. The Morgan fingerprint density at radius 3 is 2.46 bits per heavy atom. The SMILES string of the molecule is CCCCN(CCCO)C(=O)CN1C[C@H](c2cc(OC)c3c(c2)OCO3)C(C(=O)O)[C@@H]1CCN(CC)C(C)=O. The zero-order valence-corrected chi connectivity index (χ0v) is 23.6. The van der Waals surface area contributed by atoms with Gasteiger partial charge in [0, 0.05) is 58.2 Å². The van der Waals surface area contributed by atoms with E-state index in [0.717, 1.165) is 18.4 Å². The Morgan fingerprint density at radius 1 is 1.10 bits per heavy atom. The van der Waals surface area contributed by atoms with Crippen molar-refractivity contribution < 1.29 is 38.8 Å². The van der Waals surface area contributed by atoms with Crippen molar-refractivity contribution in [1.29, 1.82) is 0 Å². The predicted molar refractivity (Wildman–Crippen MR) is 144 cm³/mol. The van der Waals surface area contributed by atoms with Crippen LogP contribution < -0.4 is 14.2 Å².